The molecule has 0 saturated heterocycles. The predicted molar refractivity (Wildman–Crippen MR) is 62.5 cm³/mol. The SMILES string of the molecule is CC(Nc1c(F)cc(N)cc1F)C(=O)N(C)C. The van der Waals surface area contributed by atoms with Gasteiger partial charge in [0.25, 0.3) is 0 Å². The Bertz CT molecular complexity index is 412. The standard InChI is InChI=1S/C11H15F2N3O/c1-6(11(17)16(2)3)15-10-8(12)4-7(14)5-9(10)13/h4-6,15H,14H2,1-3H3. The Kier molecular flexibility index (Phi) is 3.88. The summed E-state index contributed by atoms with van der Waals surface area (Å²) in [6.45, 7) is 1.53. The lowest BCUT2D eigenvalue weighted by Gasteiger charge is -2.19. The highest BCUT2D eigenvalue weighted by Gasteiger charge is 2.18. The van der Waals surface area contributed by atoms with Crippen molar-refractivity contribution in [1.82, 2.24) is 4.90 Å². The van der Waals surface area contributed by atoms with E-state index in [1.165, 1.54) is 11.8 Å². The van der Waals surface area contributed by atoms with Crippen molar-refractivity contribution in [1.29, 1.82) is 0 Å². The van der Waals surface area contributed by atoms with Crippen molar-refractivity contribution >= 4 is 17.3 Å². The second-order valence-electron chi connectivity index (χ2n) is 3.96. The molecule has 94 valence electrons. The zero-order valence-corrected chi connectivity index (χ0v) is 9.92. The van der Waals surface area contributed by atoms with Crippen molar-refractivity contribution in [3.63, 3.8) is 0 Å². The maximum atomic E-state index is 13.4. The first-order valence-corrected chi connectivity index (χ1v) is 5.05. The van der Waals surface area contributed by atoms with Crippen molar-refractivity contribution in [2.45, 2.75) is 13.0 Å². The van der Waals surface area contributed by atoms with Crippen molar-refractivity contribution < 1.29 is 13.6 Å². The molecule has 0 aromatic heterocycles. The summed E-state index contributed by atoms with van der Waals surface area (Å²) in [5.74, 6) is -1.91. The first-order valence-electron chi connectivity index (χ1n) is 5.05. The Morgan fingerprint density at radius 3 is 2.24 bits per heavy atom. The fourth-order valence-electron chi connectivity index (χ4n) is 1.40. The summed E-state index contributed by atoms with van der Waals surface area (Å²) in [6, 6.07) is 1.27. The zero-order chi connectivity index (χ0) is 13.2. The largest absolute Gasteiger partial charge is 0.399 e. The number of nitrogens with one attached hydrogen (secondary N) is 1. The van der Waals surface area contributed by atoms with E-state index in [9.17, 15) is 13.6 Å². The van der Waals surface area contributed by atoms with E-state index in [0.29, 0.717) is 0 Å². The highest BCUT2D eigenvalue weighted by molar-refractivity contribution is 5.84. The molecule has 0 aliphatic heterocycles. The smallest absolute Gasteiger partial charge is 0.244 e. The molecular formula is C11H15F2N3O. The van der Waals surface area contributed by atoms with Crippen LogP contribution in [0.25, 0.3) is 0 Å². The number of halogens is 2. The van der Waals surface area contributed by atoms with Crippen molar-refractivity contribution in [3.05, 3.63) is 23.8 Å². The minimum atomic E-state index is -0.819. The minimum Gasteiger partial charge on any atom is -0.399 e. The molecule has 1 aromatic carbocycles. The van der Waals surface area contributed by atoms with Gasteiger partial charge in [-0.1, -0.05) is 0 Å². The quantitative estimate of drug-likeness (QED) is 0.790. The molecule has 0 aliphatic rings. The van der Waals surface area contributed by atoms with Crippen LogP contribution in [0.2, 0.25) is 0 Å². The van der Waals surface area contributed by atoms with Gasteiger partial charge in [0.1, 0.15) is 11.7 Å². The average Bonchev–Trinajstić information content (AvgIpc) is 2.21. The van der Waals surface area contributed by atoms with Crippen LogP contribution in [0.4, 0.5) is 20.2 Å². The lowest BCUT2D eigenvalue weighted by Crippen LogP contribution is -2.37. The van der Waals surface area contributed by atoms with Gasteiger partial charge in [-0.15, -0.1) is 0 Å². The number of benzene rings is 1. The first kappa shape index (κ1) is 13.2. The second kappa shape index (κ2) is 4.99. The van der Waals surface area contributed by atoms with Gasteiger partial charge in [0.15, 0.2) is 11.6 Å². The third-order valence-electron chi connectivity index (χ3n) is 2.24. The molecule has 1 unspecified atom stereocenters. The average molecular weight is 243 g/mol. The van der Waals surface area contributed by atoms with E-state index in [4.69, 9.17) is 5.73 Å². The van der Waals surface area contributed by atoms with Gasteiger partial charge in [-0.05, 0) is 19.1 Å². The van der Waals surface area contributed by atoms with Crippen LogP contribution in [0.15, 0.2) is 12.1 Å². The fourth-order valence-corrected chi connectivity index (χ4v) is 1.40. The van der Waals surface area contributed by atoms with Crippen LogP contribution < -0.4 is 11.1 Å². The molecular weight excluding hydrogens is 228 g/mol. The van der Waals surface area contributed by atoms with Crippen molar-refractivity contribution in [3.8, 4) is 0 Å². The molecule has 0 aliphatic carbocycles. The minimum absolute atomic E-state index is 0.00265. The number of rotatable bonds is 3. The molecule has 0 radical (unpaired) electrons. The summed E-state index contributed by atoms with van der Waals surface area (Å²) in [5.41, 5.74) is 4.94. The van der Waals surface area contributed by atoms with E-state index >= 15 is 0 Å². The van der Waals surface area contributed by atoms with E-state index < -0.39 is 17.7 Å². The Balaban J connectivity index is 2.92. The highest BCUT2D eigenvalue weighted by atomic mass is 19.1. The van der Waals surface area contributed by atoms with Crippen molar-refractivity contribution in [2.24, 2.45) is 0 Å². The molecule has 1 rings (SSSR count). The van der Waals surface area contributed by atoms with Gasteiger partial charge in [0.05, 0.1) is 0 Å². The molecule has 0 heterocycles. The molecule has 0 saturated carbocycles. The number of hydrogen-bond donors (Lipinski definition) is 2. The summed E-state index contributed by atoms with van der Waals surface area (Å²) >= 11 is 0. The molecule has 0 fully saturated rings. The normalized spacial score (nSPS) is 12.1. The van der Waals surface area contributed by atoms with Gasteiger partial charge in [-0.3, -0.25) is 4.79 Å². The van der Waals surface area contributed by atoms with Gasteiger partial charge in [0.2, 0.25) is 5.91 Å². The van der Waals surface area contributed by atoms with E-state index in [1.54, 1.807) is 14.1 Å². The van der Waals surface area contributed by atoms with Crippen LogP contribution >= 0.6 is 0 Å². The first-order chi connectivity index (χ1) is 7.82. The van der Waals surface area contributed by atoms with Crippen LogP contribution in [0.1, 0.15) is 6.92 Å². The summed E-state index contributed by atoms with van der Waals surface area (Å²) in [7, 11) is 3.13. The molecule has 6 heteroatoms. The van der Waals surface area contributed by atoms with Crippen LogP contribution in [0, 0.1) is 11.6 Å². The summed E-state index contributed by atoms with van der Waals surface area (Å²) in [5, 5.41) is 2.49. The van der Waals surface area contributed by atoms with Gasteiger partial charge >= 0.3 is 0 Å². The summed E-state index contributed by atoms with van der Waals surface area (Å²) < 4.78 is 26.9. The summed E-state index contributed by atoms with van der Waals surface area (Å²) in [6.07, 6.45) is 0. The van der Waals surface area contributed by atoms with E-state index in [-0.39, 0.29) is 17.3 Å². The molecule has 0 bridgehead atoms. The topological polar surface area (TPSA) is 58.4 Å². The Morgan fingerprint density at radius 1 is 1.35 bits per heavy atom. The Morgan fingerprint density at radius 2 is 1.82 bits per heavy atom. The predicted octanol–water partition coefficient (Wildman–Crippen LogP) is 1.44. The molecule has 1 amide bonds. The van der Waals surface area contributed by atoms with Crippen LogP contribution in [-0.2, 0) is 4.79 Å². The van der Waals surface area contributed by atoms with Crippen LogP contribution in [0.5, 0.6) is 0 Å². The maximum absolute atomic E-state index is 13.4. The number of carbonyl (C=O) groups is 1. The Labute approximate surface area is 98.4 Å². The lowest BCUT2D eigenvalue weighted by atomic mass is 10.2. The molecule has 0 spiro atoms. The maximum Gasteiger partial charge on any atom is 0.244 e. The zero-order valence-electron chi connectivity index (χ0n) is 9.92. The molecule has 17 heavy (non-hydrogen) atoms. The van der Waals surface area contributed by atoms with Crippen molar-refractivity contribution in [2.75, 3.05) is 25.1 Å². The van der Waals surface area contributed by atoms with Gasteiger partial charge in [0, 0.05) is 19.8 Å². The number of nitrogens with two attached hydrogens (primary N) is 1. The van der Waals surface area contributed by atoms with E-state index in [1.807, 2.05) is 0 Å². The van der Waals surface area contributed by atoms with Crippen LogP contribution in [-0.4, -0.2) is 30.9 Å². The third-order valence-corrected chi connectivity index (χ3v) is 2.24. The van der Waals surface area contributed by atoms with Gasteiger partial charge in [-0.2, -0.15) is 0 Å². The number of carbonyl (C=O) groups excluding carboxylic acids is 1. The number of nitrogen functional groups attached to an aromatic ring is 1. The molecule has 4 nitrogen and oxygen atoms in total. The van der Waals surface area contributed by atoms with Crippen LogP contribution in [0.3, 0.4) is 0 Å². The van der Waals surface area contributed by atoms with Gasteiger partial charge in [-0.25, -0.2) is 8.78 Å². The van der Waals surface area contributed by atoms with E-state index in [2.05, 4.69) is 5.32 Å². The Hall–Kier alpha value is -1.85. The summed E-state index contributed by atoms with van der Waals surface area (Å²) in [4.78, 5) is 12.9. The molecule has 3 N–H and O–H groups in total. The lowest BCUT2D eigenvalue weighted by molar-refractivity contribution is -0.129. The molecule has 1 aromatic rings. The number of likely N-dealkylation sites (N-methyl/N-ethyl adjacent to an activating group) is 1. The third kappa shape index (κ3) is 3.05. The second-order valence-corrected chi connectivity index (χ2v) is 3.96. The monoisotopic (exact) mass is 243 g/mol. The van der Waals surface area contributed by atoms with E-state index in [0.717, 1.165) is 12.1 Å². The highest BCUT2D eigenvalue weighted by Crippen LogP contribution is 2.22. The van der Waals surface area contributed by atoms with Gasteiger partial charge < -0.3 is 16.0 Å². The fraction of sp³-hybridized carbons (Fsp3) is 0.364. The molecule has 1 atom stereocenters. The number of hydrogen-bond acceptors (Lipinski definition) is 3. The number of anilines is 2. The number of amides is 1. The number of nitrogens with zero attached hydrogens (tertiary/aromatic N) is 1.